The van der Waals surface area contributed by atoms with Gasteiger partial charge >= 0.3 is 0 Å². The summed E-state index contributed by atoms with van der Waals surface area (Å²) in [7, 11) is 2.00. The number of nitrogens with one attached hydrogen (secondary N) is 2. The van der Waals surface area contributed by atoms with Crippen LogP contribution in [0.1, 0.15) is 30.9 Å². The Morgan fingerprint density at radius 1 is 1.17 bits per heavy atom. The Kier molecular flexibility index (Phi) is 5.90. The zero-order valence-electron chi connectivity index (χ0n) is 13.5. The molecule has 0 amide bonds. The highest BCUT2D eigenvalue weighted by Gasteiger charge is 2.26. The molecule has 0 spiro atoms. The van der Waals surface area contributed by atoms with Crippen molar-refractivity contribution in [3.63, 3.8) is 0 Å². The minimum Gasteiger partial charge on any atom is -0.368 e. The molecular weight excluding hydrogens is 349 g/mol. The lowest BCUT2D eigenvalue weighted by molar-refractivity contribution is 0.616. The second-order valence-electron chi connectivity index (χ2n) is 6.17. The van der Waals surface area contributed by atoms with E-state index in [-0.39, 0.29) is 24.8 Å². The highest BCUT2D eigenvalue weighted by Crippen LogP contribution is 2.40. The first-order valence-corrected chi connectivity index (χ1v) is 7.85. The highest BCUT2D eigenvalue weighted by atomic mass is 35.5. The molecule has 1 saturated heterocycles. The van der Waals surface area contributed by atoms with Gasteiger partial charge in [-0.2, -0.15) is 10.1 Å². The standard InChI is InChI=1S/C15H21N7.2ClH/c1-17-10-4-5-22(8-10)14-7-12(18-15(16)19-14)13-6-11(20-21-13)9-2-3-9;;/h6-7,9-10,17H,2-5,8H2,1H3,(H,20,21)(H2,16,18,19);2*1H/t10-;;/m1../s1. The van der Waals surface area contributed by atoms with Gasteiger partial charge in [-0.3, -0.25) is 5.10 Å². The Morgan fingerprint density at radius 2 is 1.96 bits per heavy atom. The molecule has 2 aliphatic rings. The number of likely N-dealkylation sites (N-methyl/N-ethyl adjacent to an activating group) is 1. The number of nitrogen functional groups attached to an aromatic ring is 1. The summed E-state index contributed by atoms with van der Waals surface area (Å²) in [6.45, 7) is 1.93. The molecule has 9 heteroatoms. The van der Waals surface area contributed by atoms with Gasteiger partial charge in [-0.25, -0.2) is 4.98 Å². The van der Waals surface area contributed by atoms with Crippen LogP contribution in [0.5, 0.6) is 0 Å². The molecule has 0 radical (unpaired) electrons. The molecular formula is C15H23Cl2N7. The van der Waals surface area contributed by atoms with E-state index in [4.69, 9.17) is 5.73 Å². The summed E-state index contributed by atoms with van der Waals surface area (Å²) >= 11 is 0. The maximum absolute atomic E-state index is 5.91. The van der Waals surface area contributed by atoms with E-state index in [0.717, 1.165) is 36.7 Å². The van der Waals surface area contributed by atoms with E-state index >= 15 is 0 Å². The van der Waals surface area contributed by atoms with Crippen LogP contribution in [0, 0.1) is 0 Å². The van der Waals surface area contributed by atoms with Crippen molar-refractivity contribution in [3.05, 3.63) is 17.8 Å². The predicted molar refractivity (Wildman–Crippen MR) is 100 cm³/mol. The molecule has 1 atom stereocenters. The molecule has 132 valence electrons. The van der Waals surface area contributed by atoms with Crippen molar-refractivity contribution in [3.8, 4) is 11.4 Å². The number of aromatic nitrogens is 4. The molecule has 2 fully saturated rings. The highest BCUT2D eigenvalue weighted by molar-refractivity contribution is 5.85. The molecule has 4 rings (SSSR count). The molecule has 2 aromatic heterocycles. The summed E-state index contributed by atoms with van der Waals surface area (Å²) in [5, 5.41) is 10.8. The molecule has 0 unspecified atom stereocenters. The average Bonchev–Trinajstić information content (AvgIpc) is 3.07. The third-order valence-electron chi connectivity index (χ3n) is 4.53. The largest absolute Gasteiger partial charge is 0.368 e. The summed E-state index contributed by atoms with van der Waals surface area (Å²) < 4.78 is 0. The van der Waals surface area contributed by atoms with E-state index in [9.17, 15) is 0 Å². The monoisotopic (exact) mass is 371 g/mol. The molecule has 0 aromatic carbocycles. The number of nitrogens with zero attached hydrogens (tertiary/aromatic N) is 4. The summed E-state index contributed by atoms with van der Waals surface area (Å²) in [5.74, 6) is 1.84. The summed E-state index contributed by atoms with van der Waals surface area (Å²) in [6.07, 6.45) is 3.61. The minimum absolute atomic E-state index is 0. The van der Waals surface area contributed by atoms with Gasteiger partial charge in [0.15, 0.2) is 0 Å². The number of rotatable bonds is 4. The third-order valence-corrected chi connectivity index (χ3v) is 4.53. The lowest BCUT2D eigenvalue weighted by atomic mass is 10.2. The van der Waals surface area contributed by atoms with Gasteiger partial charge in [0, 0.05) is 36.8 Å². The maximum atomic E-state index is 5.91. The van der Waals surface area contributed by atoms with Crippen LogP contribution in [0.25, 0.3) is 11.4 Å². The number of H-pyrrole nitrogens is 1. The smallest absolute Gasteiger partial charge is 0.222 e. The number of aromatic amines is 1. The van der Waals surface area contributed by atoms with Gasteiger partial charge in [0.25, 0.3) is 0 Å². The van der Waals surface area contributed by atoms with Crippen LogP contribution in [0.4, 0.5) is 11.8 Å². The first kappa shape index (κ1) is 18.8. The molecule has 24 heavy (non-hydrogen) atoms. The topological polar surface area (TPSA) is 95.8 Å². The summed E-state index contributed by atoms with van der Waals surface area (Å²) in [4.78, 5) is 11.0. The molecule has 1 aliphatic carbocycles. The molecule has 7 nitrogen and oxygen atoms in total. The van der Waals surface area contributed by atoms with Crippen molar-refractivity contribution in [2.24, 2.45) is 0 Å². The van der Waals surface area contributed by atoms with Crippen molar-refractivity contribution in [2.45, 2.75) is 31.2 Å². The number of nitrogens with two attached hydrogens (primary N) is 1. The molecule has 2 aromatic rings. The Morgan fingerprint density at radius 3 is 2.62 bits per heavy atom. The van der Waals surface area contributed by atoms with Crippen molar-refractivity contribution >= 4 is 36.6 Å². The van der Waals surface area contributed by atoms with Gasteiger partial charge in [0.2, 0.25) is 5.95 Å². The number of hydrogen-bond donors (Lipinski definition) is 3. The van der Waals surface area contributed by atoms with Gasteiger partial charge in [0.05, 0.1) is 5.69 Å². The van der Waals surface area contributed by atoms with Crippen LogP contribution in [0.2, 0.25) is 0 Å². The fourth-order valence-corrected chi connectivity index (χ4v) is 3.02. The molecule has 1 saturated carbocycles. The van der Waals surface area contributed by atoms with Crippen molar-refractivity contribution in [2.75, 3.05) is 30.8 Å². The summed E-state index contributed by atoms with van der Waals surface area (Å²) in [5.41, 5.74) is 8.75. The predicted octanol–water partition coefficient (Wildman–Crippen LogP) is 1.97. The van der Waals surface area contributed by atoms with Crippen LogP contribution < -0.4 is 16.0 Å². The number of hydrogen-bond acceptors (Lipinski definition) is 6. The third kappa shape index (κ3) is 3.74. The molecule has 3 heterocycles. The van der Waals surface area contributed by atoms with Crippen LogP contribution in [0.15, 0.2) is 12.1 Å². The van der Waals surface area contributed by atoms with Crippen molar-refractivity contribution < 1.29 is 0 Å². The SMILES string of the molecule is CN[C@@H]1CCN(c2cc(-c3cc(C4CC4)[nH]n3)nc(N)n2)C1.Cl.Cl. The van der Waals surface area contributed by atoms with Crippen LogP contribution in [-0.4, -0.2) is 46.3 Å². The van der Waals surface area contributed by atoms with Crippen LogP contribution in [-0.2, 0) is 0 Å². The van der Waals surface area contributed by atoms with Crippen LogP contribution in [0.3, 0.4) is 0 Å². The fraction of sp³-hybridized carbons (Fsp3) is 0.533. The lowest BCUT2D eigenvalue weighted by Gasteiger charge is -2.18. The van der Waals surface area contributed by atoms with E-state index in [2.05, 4.69) is 36.4 Å². The molecule has 4 N–H and O–H groups in total. The van der Waals surface area contributed by atoms with Gasteiger partial charge in [0.1, 0.15) is 11.5 Å². The van der Waals surface area contributed by atoms with Gasteiger partial charge in [-0.1, -0.05) is 0 Å². The molecule has 0 bridgehead atoms. The van der Waals surface area contributed by atoms with E-state index < -0.39 is 0 Å². The molecule has 1 aliphatic heterocycles. The van der Waals surface area contributed by atoms with Gasteiger partial charge in [-0.15, -0.1) is 24.8 Å². The number of anilines is 2. The maximum Gasteiger partial charge on any atom is 0.222 e. The first-order valence-electron chi connectivity index (χ1n) is 7.85. The second-order valence-corrected chi connectivity index (χ2v) is 6.17. The Labute approximate surface area is 153 Å². The minimum atomic E-state index is 0. The number of halogens is 2. The quantitative estimate of drug-likeness (QED) is 0.760. The fourth-order valence-electron chi connectivity index (χ4n) is 3.02. The zero-order chi connectivity index (χ0) is 15.1. The van der Waals surface area contributed by atoms with Crippen molar-refractivity contribution in [1.82, 2.24) is 25.5 Å². The Balaban J connectivity index is 0.00000104. The van der Waals surface area contributed by atoms with Crippen LogP contribution >= 0.6 is 24.8 Å². The van der Waals surface area contributed by atoms with Crippen molar-refractivity contribution in [1.29, 1.82) is 0 Å². The van der Waals surface area contributed by atoms with E-state index in [1.54, 1.807) is 0 Å². The second kappa shape index (κ2) is 7.55. The summed E-state index contributed by atoms with van der Waals surface area (Å²) in [6, 6.07) is 4.58. The first-order chi connectivity index (χ1) is 10.7. The zero-order valence-corrected chi connectivity index (χ0v) is 15.2. The Hall–Kier alpha value is -1.57. The Bertz CT molecular complexity index is 686. The average molecular weight is 372 g/mol. The van der Waals surface area contributed by atoms with Gasteiger partial charge in [-0.05, 0) is 32.4 Å². The van der Waals surface area contributed by atoms with E-state index in [1.807, 2.05) is 13.1 Å². The van der Waals surface area contributed by atoms with Gasteiger partial charge < -0.3 is 16.0 Å². The lowest BCUT2D eigenvalue weighted by Crippen LogP contribution is -2.30. The normalized spacial score (nSPS) is 19.7. The van der Waals surface area contributed by atoms with E-state index in [1.165, 1.54) is 18.5 Å². The van der Waals surface area contributed by atoms with E-state index in [0.29, 0.717) is 17.9 Å².